The minimum absolute atomic E-state index is 0.0635. The Bertz CT molecular complexity index is 602. The average molecular weight is 273 g/mol. The molecule has 1 N–H and O–H groups in total. The van der Waals surface area contributed by atoms with Gasteiger partial charge in [-0.3, -0.25) is 4.79 Å². The molecular formula is C13H15N5O2. The summed E-state index contributed by atoms with van der Waals surface area (Å²) >= 11 is 0. The largest absolute Gasteiger partial charge is 0.386 e. The van der Waals surface area contributed by atoms with E-state index in [4.69, 9.17) is 0 Å². The van der Waals surface area contributed by atoms with Crippen molar-refractivity contribution >= 4 is 5.91 Å². The summed E-state index contributed by atoms with van der Waals surface area (Å²) in [4.78, 5) is 13.8. The third-order valence-corrected chi connectivity index (χ3v) is 3.64. The fraction of sp³-hybridized carbons (Fsp3) is 0.385. The first-order valence-electron chi connectivity index (χ1n) is 6.46. The molecule has 1 saturated heterocycles. The summed E-state index contributed by atoms with van der Waals surface area (Å²) in [5, 5.41) is 20.8. The minimum atomic E-state index is -0.706. The zero-order chi connectivity index (χ0) is 14.2. The van der Waals surface area contributed by atoms with Gasteiger partial charge in [-0.15, -0.1) is 5.10 Å². The van der Waals surface area contributed by atoms with Crippen LogP contribution in [0.25, 0.3) is 5.69 Å². The zero-order valence-corrected chi connectivity index (χ0v) is 11.1. The van der Waals surface area contributed by atoms with Crippen LogP contribution in [0.3, 0.4) is 0 Å². The van der Waals surface area contributed by atoms with Gasteiger partial charge in [0.05, 0.1) is 24.4 Å². The van der Waals surface area contributed by atoms with Crippen molar-refractivity contribution in [2.24, 2.45) is 0 Å². The van der Waals surface area contributed by atoms with Crippen LogP contribution in [-0.4, -0.2) is 54.8 Å². The molecule has 0 bridgehead atoms. The maximum absolute atomic E-state index is 12.2. The SMILES string of the molecule is CCC1(O)CN(C(=O)c2ccc(-n3cnnn3)cc2)C1. The standard InChI is InChI=1S/C13H15N5O2/c1-2-13(20)7-17(8-13)12(19)10-3-5-11(6-4-10)18-9-14-15-16-18/h3-6,9,20H,2,7-8H2,1H3. The third-order valence-electron chi connectivity index (χ3n) is 3.64. The molecule has 3 rings (SSSR count). The Morgan fingerprint density at radius 2 is 2.05 bits per heavy atom. The van der Waals surface area contributed by atoms with Crippen molar-refractivity contribution in [1.82, 2.24) is 25.1 Å². The van der Waals surface area contributed by atoms with Gasteiger partial charge in [0.25, 0.3) is 5.91 Å². The van der Waals surface area contributed by atoms with E-state index in [9.17, 15) is 9.90 Å². The first-order chi connectivity index (χ1) is 9.61. The van der Waals surface area contributed by atoms with Crippen LogP contribution in [0.1, 0.15) is 23.7 Å². The normalized spacial score (nSPS) is 16.8. The minimum Gasteiger partial charge on any atom is -0.386 e. The molecule has 0 spiro atoms. The second-order valence-corrected chi connectivity index (χ2v) is 5.04. The summed E-state index contributed by atoms with van der Waals surface area (Å²) < 4.78 is 1.52. The van der Waals surface area contributed by atoms with Crippen molar-refractivity contribution < 1.29 is 9.90 Å². The van der Waals surface area contributed by atoms with Gasteiger partial charge in [0.2, 0.25) is 0 Å². The first kappa shape index (κ1) is 12.7. The van der Waals surface area contributed by atoms with E-state index in [0.29, 0.717) is 25.1 Å². The van der Waals surface area contributed by atoms with Crippen LogP contribution in [0.15, 0.2) is 30.6 Å². The van der Waals surface area contributed by atoms with E-state index in [1.807, 2.05) is 6.92 Å². The maximum Gasteiger partial charge on any atom is 0.254 e. The van der Waals surface area contributed by atoms with Crippen LogP contribution >= 0.6 is 0 Å². The first-order valence-corrected chi connectivity index (χ1v) is 6.46. The smallest absolute Gasteiger partial charge is 0.254 e. The molecule has 1 aliphatic rings. The molecule has 20 heavy (non-hydrogen) atoms. The molecule has 0 aliphatic carbocycles. The van der Waals surface area contributed by atoms with Crippen LogP contribution in [0.5, 0.6) is 0 Å². The summed E-state index contributed by atoms with van der Waals surface area (Å²) in [7, 11) is 0. The predicted molar refractivity (Wildman–Crippen MR) is 70.3 cm³/mol. The third kappa shape index (κ3) is 2.16. The Balaban J connectivity index is 1.71. The molecule has 2 heterocycles. The Morgan fingerprint density at radius 1 is 1.35 bits per heavy atom. The molecule has 7 nitrogen and oxygen atoms in total. The maximum atomic E-state index is 12.2. The lowest BCUT2D eigenvalue weighted by atomic mass is 9.90. The van der Waals surface area contributed by atoms with Gasteiger partial charge in [0, 0.05) is 5.56 Å². The number of β-amino-alcohol motifs (C(OH)–C–C–N with tert-alkyl or cyclic N) is 1. The number of aromatic nitrogens is 4. The van der Waals surface area contributed by atoms with Crippen molar-refractivity contribution in [3.8, 4) is 5.69 Å². The summed E-state index contributed by atoms with van der Waals surface area (Å²) in [6.07, 6.45) is 2.16. The molecule has 1 aromatic heterocycles. The van der Waals surface area contributed by atoms with Crippen molar-refractivity contribution in [3.05, 3.63) is 36.2 Å². The molecule has 0 radical (unpaired) electrons. The molecule has 1 aliphatic heterocycles. The van der Waals surface area contributed by atoms with Crippen molar-refractivity contribution in [2.75, 3.05) is 13.1 Å². The highest BCUT2D eigenvalue weighted by atomic mass is 16.3. The molecule has 0 atom stereocenters. The predicted octanol–water partition coefficient (Wildman–Crippen LogP) is 0.259. The number of hydrogen-bond acceptors (Lipinski definition) is 5. The number of aliphatic hydroxyl groups is 1. The number of amides is 1. The number of likely N-dealkylation sites (tertiary alicyclic amines) is 1. The molecule has 0 unspecified atom stereocenters. The van der Waals surface area contributed by atoms with Crippen molar-refractivity contribution in [1.29, 1.82) is 0 Å². The molecule has 1 amide bonds. The van der Waals surface area contributed by atoms with Crippen LogP contribution in [0, 0.1) is 0 Å². The van der Waals surface area contributed by atoms with E-state index in [-0.39, 0.29) is 5.91 Å². The molecule has 7 heteroatoms. The Kier molecular flexibility index (Phi) is 2.98. The second kappa shape index (κ2) is 4.68. The van der Waals surface area contributed by atoms with Gasteiger partial charge in [-0.05, 0) is 41.1 Å². The van der Waals surface area contributed by atoms with Gasteiger partial charge in [0.15, 0.2) is 0 Å². The quantitative estimate of drug-likeness (QED) is 0.867. The number of rotatable bonds is 3. The van der Waals surface area contributed by atoms with Gasteiger partial charge in [-0.2, -0.15) is 0 Å². The molecule has 0 saturated carbocycles. The Hall–Kier alpha value is -2.28. The number of benzene rings is 1. The van der Waals surface area contributed by atoms with E-state index in [1.54, 1.807) is 29.2 Å². The van der Waals surface area contributed by atoms with E-state index in [0.717, 1.165) is 5.69 Å². The lowest BCUT2D eigenvalue weighted by Crippen LogP contribution is -2.63. The lowest BCUT2D eigenvalue weighted by Gasteiger charge is -2.46. The highest BCUT2D eigenvalue weighted by molar-refractivity contribution is 5.95. The molecule has 1 fully saturated rings. The Morgan fingerprint density at radius 3 is 2.60 bits per heavy atom. The van der Waals surface area contributed by atoms with E-state index < -0.39 is 5.60 Å². The fourth-order valence-corrected chi connectivity index (χ4v) is 2.25. The second-order valence-electron chi connectivity index (χ2n) is 5.04. The Labute approximate surface area is 115 Å². The van der Waals surface area contributed by atoms with Gasteiger partial charge in [-0.25, -0.2) is 4.68 Å². The number of nitrogens with zero attached hydrogens (tertiary/aromatic N) is 5. The van der Waals surface area contributed by atoms with Gasteiger partial charge in [0.1, 0.15) is 6.33 Å². The van der Waals surface area contributed by atoms with E-state index in [1.165, 1.54) is 11.0 Å². The number of carbonyl (C=O) groups excluding carboxylic acids is 1. The summed E-state index contributed by atoms with van der Waals surface area (Å²) in [5.74, 6) is -0.0635. The summed E-state index contributed by atoms with van der Waals surface area (Å²) in [5.41, 5.74) is 0.683. The van der Waals surface area contributed by atoms with Crippen LogP contribution in [0.4, 0.5) is 0 Å². The van der Waals surface area contributed by atoms with Crippen LogP contribution < -0.4 is 0 Å². The van der Waals surface area contributed by atoms with Crippen molar-refractivity contribution in [3.63, 3.8) is 0 Å². The number of carbonyl (C=O) groups is 1. The van der Waals surface area contributed by atoms with Crippen LogP contribution in [-0.2, 0) is 0 Å². The van der Waals surface area contributed by atoms with E-state index in [2.05, 4.69) is 15.5 Å². The highest BCUT2D eigenvalue weighted by Crippen LogP contribution is 2.25. The van der Waals surface area contributed by atoms with E-state index >= 15 is 0 Å². The molecular weight excluding hydrogens is 258 g/mol. The lowest BCUT2D eigenvalue weighted by molar-refractivity contribution is -0.0826. The fourth-order valence-electron chi connectivity index (χ4n) is 2.25. The highest BCUT2D eigenvalue weighted by Gasteiger charge is 2.42. The molecule has 2 aromatic rings. The number of tetrazole rings is 1. The molecule has 1 aromatic carbocycles. The molecule has 104 valence electrons. The summed E-state index contributed by atoms with van der Waals surface area (Å²) in [6.45, 7) is 2.72. The average Bonchev–Trinajstić information content (AvgIpc) is 2.97. The summed E-state index contributed by atoms with van der Waals surface area (Å²) in [6, 6.07) is 7.05. The zero-order valence-electron chi connectivity index (χ0n) is 11.1. The number of hydrogen-bond donors (Lipinski definition) is 1. The topological polar surface area (TPSA) is 84.1 Å². The van der Waals surface area contributed by atoms with Gasteiger partial charge in [-0.1, -0.05) is 6.92 Å². The van der Waals surface area contributed by atoms with Gasteiger partial charge < -0.3 is 10.0 Å². The van der Waals surface area contributed by atoms with Gasteiger partial charge >= 0.3 is 0 Å². The monoisotopic (exact) mass is 273 g/mol. The van der Waals surface area contributed by atoms with Crippen molar-refractivity contribution in [2.45, 2.75) is 18.9 Å². The van der Waals surface area contributed by atoms with Crippen LogP contribution in [0.2, 0.25) is 0 Å².